The van der Waals surface area contributed by atoms with Crippen LogP contribution in [0.5, 0.6) is 0 Å². The van der Waals surface area contributed by atoms with Crippen molar-refractivity contribution in [3.8, 4) is 0 Å². The van der Waals surface area contributed by atoms with Gasteiger partial charge in [0, 0.05) is 11.8 Å². The lowest BCUT2D eigenvalue weighted by Gasteiger charge is -1.99. The Hall–Kier alpha value is -1.52. The number of aromatic nitrogens is 2. The lowest BCUT2D eigenvalue weighted by Crippen LogP contribution is -2.05. The zero-order chi connectivity index (χ0) is 10.8. The highest BCUT2D eigenvalue weighted by Crippen LogP contribution is 2.28. The van der Waals surface area contributed by atoms with Crippen LogP contribution in [0.3, 0.4) is 0 Å². The highest BCUT2D eigenvalue weighted by atomic mass is 19.4. The molecule has 14 heavy (non-hydrogen) atoms. The number of halogens is 3. The Morgan fingerprint density at radius 1 is 1.57 bits per heavy atom. The van der Waals surface area contributed by atoms with E-state index in [0.29, 0.717) is 5.57 Å². The SMILES string of the molecule is C=C(/C=C\C)c1nc(C(F)(F)F)c[nH]1. The van der Waals surface area contributed by atoms with E-state index in [2.05, 4.69) is 16.5 Å². The van der Waals surface area contributed by atoms with Crippen molar-refractivity contribution in [1.82, 2.24) is 9.97 Å². The summed E-state index contributed by atoms with van der Waals surface area (Å²) in [6, 6.07) is 0. The van der Waals surface area contributed by atoms with E-state index in [1.165, 1.54) is 0 Å². The van der Waals surface area contributed by atoms with E-state index in [1.807, 2.05) is 0 Å². The Morgan fingerprint density at radius 3 is 2.64 bits per heavy atom. The molecule has 5 heteroatoms. The first-order valence-electron chi connectivity index (χ1n) is 3.89. The Morgan fingerprint density at radius 2 is 2.21 bits per heavy atom. The van der Waals surface area contributed by atoms with Crippen LogP contribution in [-0.2, 0) is 6.18 Å². The maximum atomic E-state index is 12.1. The Kier molecular flexibility index (Phi) is 2.78. The number of allylic oxidation sites excluding steroid dienone is 3. The van der Waals surface area contributed by atoms with Gasteiger partial charge in [0.15, 0.2) is 5.69 Å². The largest absolute Gasteiger partial charge is 0.434 e. The molecule has 1 rings (SSSR count). The summed E-state index contributed by atoms with van der Waals surface area (Å²) < 4.78 is 36.4. The summed E-state index contributed by atoms with van der Waals surface area (Å²) in [4.78, 5) is 5.78. The average molecular weight is 202 g/mol. The minimum absolute atomic E-state index is 0.135. The number of H-pyrrole nitrogens is 1. The lowest BCUT2D eigenvalue weighted by molar-refractivity contribution is -0.140. The number of imidazole rings is 1. The second kappa shape index (κ2) is 3.69. The molecule has 0 amide bonds. The molecule has 0 saturated heterocycles. The lowest BCUT2D eigenvalue weighted by atomic mass is 10.3. The van der Waals surface area contributed by atoms with Gasteiger partial charge < -0.3 is 4.98 Å². The smallest absolute Gasteiger partial charge is 0.344 e. The maximum Gasteiger partial charge on any atom is 0.434 e. The number of alkyl halides is 3. The zero-order valence-corrected chi connectivity index (χ0v) is 7.52. The predicted octanol–water partition coefficient (Wildman–Crippen LogP) is 3.02. The van der Waals surface area contributed by atoms with Crippen molar-refractivity contribution in [1.29, 1.82) is 0 Å². The molecule has 0 aliphatic heterocycles. The molecule has 1 aromatic rings. The van der Waals surface area contributed by atoms with Crippen molar-refractivity contribution in [2.24, 2.45) is 0 Å². The standard InChI is InChI=1S/C9H9F3N2/c1-3-4-6(2)8-13-5-7(14-8)9(10,11)12/h3-5H,2H2,1H3,(H,13,14)/b4-3-. The molecular weight excluding hydrogens is 193 g/mol. The van der Waals surface area contributed by atoms with Gasteiger partial charge in [0.2, 0.25) is 0 Å². The summed E-state index contributed by atoms with van der Waals surface area (Å²) in [7, 11) is 0. The van der Waals surface area contributed by atoms with Gasteiger partial charge in [0.05, 0.1) is 0 Å². The van der Waals surface area contributed by atoms with E-state index in [4.69, 9.17) is 0 Å². The summed E-state index contributed by atoms with van der Waals surface area (Å²) in [5.41, 5.74) is -0.513. The fraction of sp³-hybridized carbons (Fsp3) is 0.222. The molecule has 0 bridgehead atoms. The topological polar surface area (TPSA) is 28.7 Å². The third-order valence-electron chi connectivity index (χ3n) is 1.54. The highest BCUT2D eigenvalue weighted by Gasteiger charge is 2.33. The first-order valence-corrected chi connectivity index (χ1v) is 3.89. The molecule has 0 spiro atoms. The first-order chi connectivity index (χ1) is 6.45. The van der Waals surface area contributed by atoms with Crippen molar-refractivity contribution in [2.75, 3.05) is 0 Å². The van der Waals surface area contributed by atoms with E-state index in [-0.39, 0.29) is 5.82 Å². The zero-order valence-electron chi connectivity index (χ0n) is 7.52. The summed E-state index contributed by atoms with van der Waals surface area (Å²) >= 11 is 0. The molecule has 0 unspecified atom stereocenters. The molecule has 0 aromatic carbocycles. The number of nitrogens with zero attached hydrogens (tertiary/aromatic N) is 1. The van der Waals surface area contributed by atoms with Crippen molar-refractivity contribution in [3.63, 3.8) is 0 Å². The molecule has 1 heterocycles. The fourth-order valence-electron chi connectivity index (χ4n) is 0.912. The van der Waals surface area contributed by atoms with Crippen LogP contribution in [0, 0.1) is 0 Å². The van der Waals surface area contributed by atoms with Crippen molar-refractivity contribution in [2.45, 2.75) is 13.1 Å². The normalized spacial score (nSPS) is 12.3. The van der Waals surface area contributed by atoms with Crippen LogP contribution in [0.25, 0.3) is 5.57 Å². The molecular formula is C9H9F3N2. The van der Waals surface area contributed by atoms with E-state index >= 15 is 0 Å². The Bertz CT molecular complexity index is 360. The van der Waals surface area contributed by atoms with Gasteiger partial charge in [-0.15, -0.1) is 0 Å². The van der Waals surface area contributed by atoms with E-state index in [9.17, 15) is 13.2 Å². The van der Waals surface area contributed by atoms with Crippen LogP contribution in [0.2, 0.25) is 0 Å². The molecule has 0 radical (unpaired) electrons. The molecule has 0 fully saturated rings. The van der Waals surface area contributed by atoms with Gasteiger partial charge in [0.1, 0.15) is 5.82 Å². The van der Waals surface area contributed by atoms with Crippen LogP contribution in [0.1, 0.15) is 18.4 Å². The monoisotopic (exact) mass is 202 g/mol. The van der Waals surface area contributed by atoms with Gasteiger partial charge in [-0.2, -0.15) is 13.2 Å². The third-order valence-corrected chi connectivity index (χ3v) is 1.54. The van der Waals surface area contributed by atoms with Gasteiger partial charge >= 0.3 is 6.18 Å². The molecule has 0 aliphatic rings. The van der Waals surface area contributed by atoms with Crippen LogP contribution in [0.15, 0.2) is 24.9 Å². The highest BCUT2D eigenvalue weighted by molar-refractivity contribution is 5.66. The maximum absolute atomic E-state index is 12.1. The van der Waals surface area contributed by atoms with E-state index in [1.54, 1.807) is 19.1 Å². The number of rotatable bonds is 2. The Balaban J connectivity index is 2.94. The molecule has 1 aromatic heterocycles. The van der Waals surface area contributed by atoms with Crippen LogP contribution < -0.4 is 0 Å². The minimum atomic E-state index is -4.41. The minimum Gasteiger partial charge on any atom is -0.344 e. The fourth-order valence-corrected chi connectivity index (χ4v) is 0.912. The number of hydrogen-bond acceptors (Lipinski definition) is 1. The van der Waals surface area contributed by atoms with Crippen molar-refractivity contribution in [3.05, 3.63) is 36.4 Å². The molecule has 76 valence electrons. The molecule has 0 saturated carbocycles. The van der Waals surface area contributed by atoms with E-state index < -0.39 is 11.9 Å². The first kappa shape index (κ1) is 10.6. The van der Waals surface area contributed by atoms with Crippen molar-refractivity contribution < 1.29 is 13.2 Å². The second-order valence-electron chi connectivity index (χ2n) is 2.66. The van der Waals surface area contributed by atoms with Gasteiger partial charge in [-0.05, 0) is 6.92 Å². The number of nitrogens with one attached hydrogen (secondary N) is 1. The van der Waals surface area contributed by atoms with E-state index in [0.717, 1.165) is 6.20 Å². The van der Waals surface area contributed by atoms with Gasteiger partial charge in [0.25, 0.3) is 0 Å². The summed E-state index contributed by atoms with van der Waals surface area (Å²) in [6.45, 7) is 5.31. The van der Waals surface area contributed by atoms with Crippen molar-refractivity contribution >= 4 is 5.57 Å². The van der Waals surface area contributed by atoms with Gasteiger partial charge in [-0.3, -0.25) is 0 Å². The predicted molar refractivity (Wildman–Crippen MR) is 47.4 cm³/mol. The molecule has 0 aliphatic carbocycles. The van der Waals surface area contributed by atoms with Crippen LogP contribution >= 0.6 is 0 Å². The summed E-state index contributed by atoms with van der Waals surface area (Å²) in [6.07, 6.45) is -0.327. The summed E-state index contributed by atoms with van der Waals surface area (Å²) in [5.74, 6) is 0.135. The third kappa shape index (κ3) is 2.25. The van der Waals surface area contributed by atoms with Gasteiger partial charge in [-0.25, -0.2) is 4.98 Å². The van der Waals surface area contributed by atoms with Crippen LogP contribution in [-0.4, -0.2) is 9.97 Å². The van der Waals surface area contributed by atoms with Crippen LogP contribution in [0.4, 0.5) is 13.2 Å². The average Bonchev–Trinajstić information content (AvgIpc) is 2.51. The number of aromatic amines is 1. The molecule has 0 atom stereocenters. The van der Waals surface area contributed by atoms with Gasteiger partial charge in [-0.1, -0.05) is 18.7 Å². The molecule has 2 nitrogen and oxygen atoms in total. The number of hydrogen-bond donors (Lipinski definition) is 1. The quantitative estimate of drug-likeness (QED) is 0.733. The summed E-state index contributed by atoms with van der Waals surface area (Å²) in [5, 5.41) is 0. The Labute approximate surface area is 79.2 Å². The second-order valence-corrected chi connectivity index (χ2v) is 2.66. The molecule has 1 N–H and O–H groups in total.